The Labute approximate surface area is 143 Å². The van der Waals surface area contributed by atoms with Gasteiger partial charge in [-0.1, -0.05) is 41.9 Å². The van der Waals surface area contributed by atoms with Gasteiger partial charge in [0.1, 0.15) is 17.5 Å². The molecule has 0 atom stereocenters. The zero-order valence-electron chi connectivity index (χ0n) is 12.5. The summed E-state index contributed by atoms with van der Waals surface area (Å²) in [5.41, 5.74) is 6.60. The first-order chi connectivity index (χ1) is 11.8. The molecule has 0 radical (unpaired) electrons. The Morgan fingerprint density at radius 1 is 0.917 bits per heavy atom. The number of hydrogen-bond acceptors (Lipinski definition) is 3. The number of halogens is 1. The topological polar surface area (TPSA) is 42.5 Å². The van der Waals surface area contributed by atoms with Crippen LogP contribution in [0.1, 0.15) is 11.1 Å². The number of benzene rings is 2. The minimum Gasteiger partial charge on any atom is -0.247 e. The Morgan fingerprint density at radius 3 is 2.75 bits per heavy atom. The van der Waals surface area contributed by atoms with Gasteiger partial charge in [-0.25, -0.2) is 14.5 Å². The predicted molar refractivity (Wildman–Crippen MR) is 95.2 cm³/mol. The summed E-state index contributed by atoms with van der Waals surface area (Å²) >= 11 is 6.20. The molecule has 5 rings (SSSR count). The predicted octanol–water partition coefficient (Wildman–Crippen LogP) is 4.53. The van der Waals surface area contributed by atoms with Gasteiger partial charge >= 0.3 is 0 Å². The number of nitrogens with zero attached hydrogens (tertiary/aromatic N) is 4. The molecule has 0 spiro atoms. The number of para-hydroxylation sites is 1. The van der Waals surface area contributed by atoms with Gasteiger partial charge in [0.15, 0.2) is 0 Å². The van der Waals surface area contributed by atoms with Crippen molar-refractivity contribution < 1.29 is 0 Å². The van der Waals surface area contributed by atoms with Crippen molar-refractivity contribution in [1.82, 2.24) is 14.6 Å². The van der Waals surface area contributed by atoms with Crippen molar-refractivity contribution in [1.29, 1.82) is 0 Å². The molecule has 2 aromatic heterocycles. The van der Waals surface area contributed by atoms with Crippen LogP contribution in [0.5, 0.6) is 0 Å². The quantitative estimate of drug-likeness (QED) is 0.453. The third-order valence-corrected chi connectivity index (χ3v) is 4.43. The molecule has 4 nitrogen and oxygen atoms in total. The molecule has 1 aliphatic rings. The molecule has 0 saturated carbocycles. The molecule has 2 aromatic carbocycles. The third-order valence-electron chi connectivity index (χ3n) is 4.20. The van der Waals surface area contributed by atoms with E-state index < -0.39 is 0 Å². The molecular weight excluding hydrogens is 320 g/mol. The third kappa shape index (κ3) is 1.90. The standard InChI is InChI=1S/C19H11ClN4/c20-13-5-3-4-12(10-13)17-15-8-9-24-19(15)18(21-11-22-24)14-6-1-2-7-16(14)23-17/h1-11H. The van der Waals surface area contributed by atoms with E-state index in [0.717, 1.165) is 39.3 Å². The van der Waals surface area contributed by atoms with Crippen molar-refractivity contribution in [3.8, 4) is 11.3 Å². The zero-order valence-corrected chi connectivity index (χ0v) is 13.3. The van der Waals surface area contributed by atoms with Gasteiger partial charge in [0.25, 0.3) is 0 Å². The highest BCUT2D eigenvalue weighted by Gasteiger charge is 2.22. The smallest absolute Gasteiger partial charge is 0.137 e. The molecule has 24 heavy (non-hydrogen) atoms. The summed E-state index contributed by atoms with van der Waals surface area (Å²) in [4.78, 5) is 9.46. The molecule has 0 N–H and O–H groups in total. The molecule has 0 saturated heterocycles. The Hall–Kier alpha value is -2.98. The van der Waals surface area contributed by atoms with Crippen LogP contribution in [0.3, 0.4) is 0 Å². The summed E-state index contributed by atoms with van der Waals surface area (Å²) in [6, 6.07) is 17.8. The molecule has 4 aromatic rings. The first-order valence-corrected chi connectivity index (χ1v) is 7.96. The number of aliphatic imine (C=N–C) groups is 1. The van der Waals surface area contributed by atoms with E-state index in [1.165, 1.54) is 0 Å². The lowest BCUT2D eigenvalue weighted by atomic mass is 10.0. The van der Waals surface area contributed by atoms with E-state index in [1.54, 1.807) is 6.33 Å². The van der Waals surface area contributed by atoms with E-state index in [0.29, 0.717) is 5.02 Å². The second kappa shape index (κ2) is 5.01. The van der Waals surface area contributed by atoms with E-state index >= 15 is 0 Å². The van der Waals surface area contributed by atoms with Gasteiger partial charge in [0.2, 0.25) is 0 Å². The molecule has 0 aliphatic carbocycles. The van der Waals surface area contributed by atoms with Crippen LogP contribution in [0.15, 0.2) is 72.1 Å². The number of aromatic nitrogens is 3. The summed E-state index contributed by atoms with van der Waals surface area (Å²) in [7, 11) is 0. The summed E-state index contributed by atoms with van der Waals surface area (Å²) in [6.07, 6.45) is 3.51. The summed E-state index contributed by atoms with van der Waals surface area (Å²) in [6.45, 7) is 0. The van der Waals surface area contributed by atoms with Gasteiger partial charge < -0.3 is 0 Å². The van der Waals surface area contributed by atoms with Crippen LogP contribution in [0.4, 0.5) is 5.69 Å². The molecule has 3 heterocycles. The highest BCUT2D eigenvalue weighted by molar-refractivity contribution is 6.31. The maximum Gasteiger partial charge on any atom is 0.137 e. The van der Waals surface area contributed by atoms with Crippen LogP contribution < -0.4 is 0 Å². The molecule has 0 bridgehead atoms. The lowest BCUT2D eigenvalue weighted by Crippen LogP contribution is -2.03. The Balaban J connectivity index is 1.93. The van der Waals surface area contributed by atoms with Crippen LogP contribution >= 0.6 is 11.6 Å². The molecule has 5 heteroatoms. The summed E-state index contributed by atoms with van der Waals surface area (Å²) in [5, 5.41) is 5.02. The molecule has 114 valence electrons. The van der Waals surface area contributed by atoms with Gasteiger partial charge in [-0.15, -0.1) is 0 Å². The monoisotopic (exact) mass is 330 g/mol. The highest BCUT2D eigenvalue weighted by Crippen LogP contribution is 2.37. The SMILES string of the molecule is Clc1cccc(C2=Nc3ccccc3-c3ncnn4ccc2c34)c1. The maximum atomic E-state index is 6.20. The number of fused-ring (bicyclic) bond motifs is 2. The molecule has 0 unspecified atom stereocenters. The fourth-order valence-electron chi connectivity index (χ4n) is 3.15. The fraction of sp³-hybridized carbons (Fsp3) is 0. The molecule has 0 amide bonds. The van der Waals surface area contributed by atoms with Crippen molar-refractivity contribution in [2.45, 2.75) is 0 Å². The maximum absolute atomic E-state index is 6.20. The van der Waals surface area contributed by atoms with Crippen LogP contribution in [0, 0.1) is 0 Å². The second-order valence-electron chi connectivity index (χ2n) is 5.62. The lowest BCUT2D eigenvalue weighted by Gasteiger charge is -2.05. The summed E-state index contributed by atoms with van der Waals surface area (Å²) < 4.78 is 1.85. The zero-order chi connectivity index (χ0) is 16.1. The van der Waals surface area contributed by atoms with Crippen molar-refractivity contribution in [3.63, 3.8) is 0 Å². The minimum atomic E-state index is 0.688. The average molecular weight is 331 g/mol. The lowest BCUT2D eigenvalue weighted by molar-refractivity contribution is 0.906. The van der Waals surface area contributed by atoms with Crippen LogP contribution in [0.2, 0.25) is 5.02 Å². The Bertz CT molecular complexity index is 1130. The van der Waals surface area contributed by atoms with Gasteiger partial charge in [0.05, 0.1) is 11.4 Å². The van der Waals surface area contributed by atoms with E-state index in [9.17, 15) is 0 Å². The second-order valence-corrected chi connectivity index (χ2v) is 6.06. The van der Waals surface area contributed by atoms with Gasteiger partial charge in [0, 0.05) is 27.9 Å². The van der Waals surface area contributed by atoms with E-state index in [1.807, 2.05) is 65.3 Å². The van der Waals surface area contributed by atoms with Gasteiger partial charge in [-0.2, -0.15) is 5.10 Å². The van der Waals surface area contributed by atoms with Crippen LogP contribution in [0.25, 0.3) is 16.8 Å². The van der Waals surface area contributed by atoms with Gasteiger partial charge in [-0.05, 0) is 24.3 Å². The Kier molecular flexibility index (Phi) is 2.81. The average Bonchev–Trinajstić information content (AvgIpc) is 2.97. The van der Waals surface area contributed by atoms with E-state index in [-0.39, 0.29) is 0 Å². The first-order valence-electron chi connectivity index (χ1n) is 7.58. The van der Waals surface area contributed by atoms with Gasteiger partial charge in [-0.3, -0.25) is 0 Å². The summed E-state index contributed by atoms with van der Waals surface area (Å²) in [5.74, 6) is 0. The highest BCUT2D eigenvalue weighted by atomic mass is 35.5. The minimum absolute atomic E-state index is 0.688. The van der Waals surface area contributed by atoms with Crippen molar-refractivity contribution in [3.05, 3.63) is 83.3 Å². The number of hydrogen-bond donors (Lipinski definition) is 0. The van der Waals surface area contributed by atoms with E-state index in [2.05, 4.69) is 10.1 Å². The van der Waals surface area contributed by atoms with Crippen molar-refractivity contribution in [2.75, 3.05) is 0 Å². The molecule has 1 aliphatic heterocycles. The largest absolute Gasteiger partial charge is 0.247 e. The fourth-order valence-corrected chi connectivity index (χ4v) is 3.34. The van der Waals surface area contributed by atoms with E-state index in [4.69, 9.17) is 16.6 Å². The normalized spacial score (nSPS) is 12.6. The van der Waals surface area contributed by atoms with Crippen molar-refractivity contribution in [2.24, 2.45) is 4.99 Å². The van der Waals surface area contributed by atoms with Crippen LogP contribution in [-0.4, -0.2) is 20.3 Å². The Morgan fingerprint density at radius 2 is 1.83 bits per heavy atom. The molecule has 0 fully saturated rings. The molecular formula is C19H11ClN4. The number of rotatable bonds is 1. The van der Waals surface area contributed by atoms with Crippen molar-refractivity contribution >= 4 is 28.5 Å². The van der Waals surface area contributed by atoms with Crippen LogP contribution in [-0.2, 0) is 0 Å². The first kappa shape index (κ1) is 13.5.